The summed E-state index contributed by atoms with van der Waals surface area (Å²) in [5, 5.41) is 0.167. The fraction of sp³-hybridized carbons (Fsp3) is 0.300. The van der Waals surface area contributed by atoms with Gasteiger partial charge in [0.25, 0.3) is 0 Å². The number of nitrogens with one attached hydrogen (secondary N) is 1. The van der Waals surface area contributed by atoms with Crippen molar-refractivity contribution in [2.45, 2.75) is 51.7 Å². The topological polar surface area (TPSA) is 47.1 Å². The largest absolute Gasteiger partial charge is 0.486 e. The predicted octanol–water partition coefficient (Wildman–Crippen LogP) is 8.86. The van der Waals surface area contributed by atoms with Crippen molar-refractivity contribution in [1.82, 2.24) is 9.97 Å². The van der Waals surface area contributed by atoms with Gasteiger partial charge in [0.1, 0.15) is 18.2 Å². The Morgan fingerprint density at radius 2 is 1.66 bits per heavy atom. The third-order valence-electron chi connectivity index (χ3n) is 7.00. The van der Waals surface area contributed by atoms with Crippen molar-refractivity contribution >= 4 is 25.4 Å². The molecule has 0 saturated heterocycles. The Balaban J connectivity index is 1.46. The first-order valence-corrected chi connectivity index (χ1v) is 15.4. The minimum absolute atomic E-state index is 0.114. The molecule has 1 heterocycles. The van der Waals surface area contributed by atoms with E-state index in [0.717, 1.165) is 39.9 Å². The second-order valence-corrected chi connectivity index (χ2v) is 15.6. The number of imidazole rings is 1. The van der Waals surface area contributed by atoms with Crippen LogP contribution in [-0.2, 0) is 17.2 Å². The predicted molar refractivity (Wildman–Crippen MR) is 149 cm³/mol. The lowest BCUT2D eigenvalue weighted by molar-refractivity contribution is -0.137. The molecule has 0 amide bonds. The summed E-state index contributed by atoms with van der Waals surface area (Å²) in [6.07, 6.45) is -0.199. The number of rotatable bonds is 8. The van der Waals surface area contributed by atoms with Crippen LogP contribution >= 0.6 is 0 Å². The van der Waals surface area contributed by atoms with Crippen molar-refractivity contribution in [2.24, 2.45) is 0 Å². The van der Waals surface area contributed by atoms with Crippen LogP contribution in [0.1, 0.15) is 37.7 Å². The number of benzene rings is 3. The van der Waals surface area contributed by atoms with E-state index in [2.05, 4.69) is 68.1 Å². The number of halogens is 3. The van der Waals surface area contributed by atoms with E-state index in [1.807, 2.05) is 30.3 Å². The second kappa shape index (κ2) is 10.8. The minimum Gasteiger partial charge on any atom is -0.486 e. The lowest BCUT2D eigenvalue weighted by Gasteiger charge is -2.35. The minimum atomic E-state index is -4.37. The van der Waals surface area contributed by atoms with Crippen LogP contribution < -0.4 is 4.74 Å². The molecule has 0 fully saturated rings. The Morgan fingerprint density at radius 1 is 0.947 bits per heavy atom. The highest BCUT2D eigenvalue weighted by Gasteiger charge is 2.36. The quantitative estimate of drug-likeness (QED) is 0.228. The van der Waals surface area contributed by atoms with Gasteiger partial charge in [-0.2, -0.15) is 13.2 Å². The van der Waals surface area contributed by atoms with Crippen molar-refractivity contribution < 1.29 is 22.3 Å². The average molecular weight is 539 g/mol. The maximum Gasteiger partial charge on any atom is 0.416 e. The highest BCUT2D eigenvalue weighted by atomic mass is 28.4. The van der Waals surface area contributed by atoms with Gasteiger partial charge in [0.15, 0.2) is 8.32 Å². The van der Waals surface area contributed by atoms with E-state index in [4.69, 9.17) is 9.16 Å². The summed E-state index contributed by atoms with van der Waals surface area (Å²) in [6.45, 7) is 11.9. The van der Waals surface area contributed by atoms with Gasteiger partial charge in [0, 0.05) is 0 Å². The molecule has 4 rings (SSSR count). The van der Waals surface area contributed by atoms with Crippen molar-refractivity contribution in [1.29, 1.82) is 0 Å². The van der Waals surface area contributed by atoms with Gasteiger partial charge in [-0.05, 0) is 71.2 Å². The SMILES string of the molecule is CC(C)(C)[Si](C)(C)OCC=Cc1ccccc1-c1ccc2nc(COc3ccc(C(F)(F)F)cc3)[nH]c2c1. The number of alkyl halides is 3. The first-order chi connectivity index (χ1) is 17.8. The van der Waals surface area contributed by atoms with Crippen molar-refractivity contribution in [3.63, 3.8) is 0 Å². The summed E-state index contributed by atoms with van der Waals surface area (Å²) in [4.78, 5) is 7.82. The molecule has 0 radical (unpaired) electrons. The summed E-state index contributed by atoms with van der Waals surface area (Å²) in [6, 6.07) is 18.9. The smallest absolute Gasteiger partial charge is 0.416 e. The number of hydrogen-bond donors (Lipinski definition) is 1. The molecule has 0 unspecified atom stereocenters. The van der Waals surface area contributed by atoms with Gasteiger partial charge in [-0.3, -0.25) is 0 Å². The van der Waals surface area contributed by atoms with Gasteiger partial charge < -0.3 is 14.1 Å². The van der Waals surface area contributed by atoms with Crippen molar-refractivity contribution in [3.8, 4) is 16.9 Å². The number of aromatic nitrogens is 2. The molecule has 8 heteroatoms. The van der Waals surface area contributed by atoms with Gasteiger partial charge in [-0.15, -0.1) is 0 Å². The highest BCUT2D eigenvalue weighted by Crippen LogP contribution is 2.36. The molecule has 0 atom stereocenters. The zero-order valence-corrected chi connectivity index (χ0v) is 23.3. The second-order valence-electron chi connectivity index (χ2n) is 10.8. The van der Waals surface area contributed by atoms with Crippen LogP contribution in [0.15, 0.2) is 72.8 Å². The number of hydrogen-bond acceptors (Lipinski definition) is 3. The Hall–Kier alpha value is -3.36. The first kappa shape index (κ1) is 27.7. The third-order valence-corrected chi connectivity index (χ3v) is 11.5. The maximum absolute atomic E-state index is 12.8. The molecule has 0 aliphatic carbocycles. The molecule has 38 heavy (non-hydrogen) atoms. The van der Waals surface area contributed by atoms with Crippen LogP contribution in [0.2, 0.25) is 18.1 Å². The molecular formula is C30H33F3N2O2Si. The van der Waals surface area contributed by atoms with Gasteiger partial charge in [0.05, 0.1) is 23.2 Å². The molecule has 1 N–H and O–H groups in total. The first-order valence-electron chi connectivity index (χ1n) is 12.5. The number of fused-ring (bicyclic) bond motifs is 1. The maximum atomic E-state index is 12.8. The molecule has 0 aliphatic rings. The zero-order chi connectivity index (χ0) is 27.6. The summed E-state index contributed by atoms with van der Waals surface area (Å²) >= 11 is 0. The van der Waals surface area contributed by atoms with Crippen molar-refractivity contribution in [3.05, 3.63) is 89.8 Å². The van der Waals surface area contributed by atoms with E-state index >= 15 is 0 Å². The normalized spacial score (nSPS) is 12.9. The van der Waals surface area contributed by atoms with Crippen LogP contribution in [0.3, 0.4) is 0 Å². The molecule has 0 bridgehead atoms. The molecular weight excluding hydrogens is 505 g/mol. The Bertz CT molecular complexity index is 1420. The Kier molecular flexibility index (Phi) is 7.85. The van der Waals surface area contributed by atoms with Gasteiger partial charge in [0.2, 0.25) is 0 Å². The number of ether oxygens (including phenoxy) is 1. The molecule has 4 aromatic rings. The summed E-state index contributed by atoms with van der Waals surface area (Å²) in [5.41, 5.74) is 4.16. The highest BCUT2D eigenvalue weighted by molar-refractivity contribution is 6.74. The Morgan fingerprint density at radius 3 is 2.34 bits per heavy atom. The number of H-pyrrole nitrogens is 1. The lowest BCUT2D eigenvalue weighted by atomic mass is 9.99. The van der Waals surface area contributed by atoms with E-state index in [0.29, 0.717) is 18.2 Å². The van der Waals surface area contributed by atoms with Crippen LogP contribution in [0.25, 0.3) is 28.2 Å². The average Bonchev–Trinajstić information content (AvgIpc) is 3.27. The molecule has 1 aromatic heterocycles. The summed E-state index contributed by atoms with van der Waals surface area (Å²) in [7, 11) is -1.81. The monoisotopic (exact) mass is 538 g/mol. The molecule has 200 valence electrons. The molecule has 0 aliphatic heterocycles. The van der Waals surface area contributed by atoms with E-state index in [-0.39, 0.29) is 11.6 Å². The zero-order valence-electron chi connectivity index (χ0n) is 22.3. The van der Waals surface area contributed by atoms with Crippen molar-refractivity contribution in [2.75, 3.05) is 6.61 Å². The third kappa shape index (κ3) is 6.55. The molecule has 3 aromatic carbocycles. The van der Waals surface area contributed by atoms with Crippen LogP contribution in [0.5, 0.6) is 5.75 Å². The van der Waals surface area contributed by atoms with Gasteiger partial charge in [-0.25, -0.2) is 4.98 Å². The van der Waals surface area contributed by atoms with Gasteiger partial charge >= 0.3 is 6.18 Å². The number of nitrogens with zero attached hydrogens (tertiary/aromatic N) is 1. The van der Waals surface area contributed by atoms with Crippen LogP contribution in [0.4, 0.5) is 13.2 Å². The van der Waals surface area contributed by atoms with E-state index < -0.39 is 20.1 Å². The van der Waals surface area contributed by atoms with E-state index in [1.54, 1.807) is 0 Å². The standard InChI is InChI=1S/C30H33F3N2O2Si/c1-29(2,3)38(4,5)37-18-8-10-21-9-6-7-11-25(21)22-12-17-26-27(19-22)35-28(34-26)20-36-24-15-13-23(14-16-24)30(31,32)33/h6-17,19H,18,20H2,1-5H3,(H,34,35). The van der Waals surface area contributed by atoms with E-state index in [1.165, 1.54) is 12.1 Å². The van der Waals surface area contributed by atoms with Gasteiger partial charge in [-0.1, -0.05) is 63.3 Å². The number of aromatic amines is 1. The Labute approximate surface area is 222 Å². The summed E-state index contributed by atoms with van der Waals surface area (Å²) in [5.74, 6) is 0.936. The molecule has 0 spiro atoms. The lowest BCUT2D eigenvalue weighted by Crippen LogP contribution is -2.40. The fourth-order valence-electron chi connectivity index (χ4n) is 3.74. The van der Waals surface area contributed by atoms with Crippen LogP contribution in [-0.4, -0.2) is 24.9 Å². The molecule has 0 saturated carbocycles. The van der Waals surface area contributed by atoms with Crippen LogP contribution in [0, 0.1) is 0 Å². The fourth-order valence-corrected chi connectivity index (χ4v) is 4.69. The molecule has 4 nitrogen and oxygen atoms in total. The van der Waals surface area contributed by atoms with E-state index in [9.17, 15) is 13.2 Å². The summed E-state index contributed by atoms with van der Waals surface area (Å²) < 4.78 is 50.2.